The molecule has 0 aliphatic carbocycles. The van der Waals surface area contributed by atoms with Crippen LogP contribution in [0, 0.1) is 0 Å². The molecule has 0 aromatic heterocycles. The number of unbranched alkanes of at least 4 members (excludes halogenated alkanes) is 20. The Morgan fingerprint density at radius 2 is 0.981 bits per heavy atom. The number of phosphoric acid groups is 1. The van der Waals surface area contributed by atoms with Crippen molar-refractivity contribution in [2.75, 3.05) is 47.5 Å². The molecule has 0 aliphatic heterocycles. The summed E-state index contributed by atoms with van der Waals surface area (Å²) in [7, 11) is 1.46. The van der Waals surface area contributed by atoms with Crippen molar-refractivity contribution in [3.05, 3.63) is 24.3 Å². The number of allylic oxidation sites excluding steroid dienone is 4. The van der Waals surface area contributed by atoms with Crippen LogP contribution >= 0.6 is 7.82 Å². The Labute approximate surface area is 319 Å². The van der Waals surface area contributed by atoms with E-state index in [1.807, 2.05) is 21.1 Å². The number of ether oxygens (including phenoxy) is 2. The molecule has 1 unspecified atom stereocenters. The Morgan fingerprint density at radius 1 is 0.577 bits per heavy atom. The monoisotopic (exact) mass is 759 g/mol. The summed E-state index contributed by atoms with van der Waals surface area (Å²) in [6.07, 6.45) is 36.5. The summed E-state index contributed by atoms with van der Waals surface area (Å²) < 4.78 is 34.2. The molecule has 9 nitrogen and oxygen atoms in total. The van der Waals surface area contributed by atoms with E-state index >= 15 is 0 Å². The van der Waals surface area contributed by atoms with Gasteiger partial charge in [-0.05, 0) is 64.2 Å². The van der Waals surface area contributed by atoms with Gasteiger partial charge in [-0.25, -0.2) is 4.57 Å². The van der Waals surface area contributed by atoms with Gasteiger partial charge in [0.25, 0.3) is 0 Å². The first-order valence-corrected chi connectivity index (χ1v) is 22.6. The molecule has 0 aliphatic rings. The number of phosphoric ester groups is 1. The fourth-order valence-corrected chi connectivity index (χ4v) is 6.33. The lowest BCUT2D eigenvalue weighted by molar-refractivity contribution is -0.870. The number of likely N-dealkylation sites (N-methyl/N-ethyl adjacent to an activating group) is 1. The average Bonchev–Trinajstić information content (AvgIpc) is 3.09. The fourth-order valence-electron chi connectivity index (χ4n) is 5.59. The third-order valence-electron chi connectivity index (χ3n) is 8.95. The van der Waals surface area contributed by atoms with Crippen molar-refractivity contribution in [3.8, 4) is 0 Å². The molecule has 0 spiro atoms. The first-order chi connectivity index (χ1) is 25.0. The quantitative estimate of drug-likeness (QED) is 0.0218. The molecule has 0 heterocycles. The molecule has 0 saturated heterocycles. The number of carbonyl (C=O) groups is 2. The molecule has 10 heteroatoms. The largest absolute Gasteiger partial charge is 0.472 e. The Kier molecular flexibility index (Phi) is 34.2. The van der Waals surface area contributed by atoms with E-state index in [9.17, 15) is 19.0 Å². The topological polar surface area (TPSA) is 108 Å². The zero-order valence-corrected chi connectivity index (χ0v) is 35.2. The summed E-state index contributed by atoms with van der Waals surface area (Å²) in [6, 6.07) is 0. The van der Waals surface area contributed by atoms with Gasteiger partial charge in [-0.1, -0.05) is 128 Å². The van der Waals surface area contributed by atoms with Crippen LogP contribution in [0.2, 0.25) is 0 Å². The van der Waals surface area contributed by atoms with Gasteiger partial charge in [-0.15, -0.1) is 0 Å². The van der Waals surface area contributed by atoms with E-state index in [1.165, 1.54) is 89.9 Å². The van der Waals surface area contributed by atoms with Crippen molar-refractivity contribution in [3.63, 3.8) is 0 Å². The van der Waals surface area contributed by atoms with E-state index in [1.54, 1.807) is 0 Å². The molecule has 0 aromatic carbocycles. The maximum Gasteiger partial charge on any atom is 0.472 e. The molecule has 0 rings (SSSR count). The molecule has 52 heavy (non-hydrogen) atoms. The lowest BCUT2D eigenvalue weighted by Crippen LogP contribution is -2.37. The van der Waals surface area contributed by atoms with Crippen LogP contribution in [-0.2, 0) is 32.7 Å². The van der Waals surface area contributed by atoms with Crippen molar-refractivity contribution in [2.24, 2.45) is 0 Å². The van der Waals surface area contributed by atoms with Gasteiger partial charge in [0, 0.05) is 12.8 Å². The highest BCUT2D eigenvalue weighted by atomic mass is 31.2. The predicted octanol–water partition coefficient (Wildman–Crippen LogP) is 11.6. The van der Waals surface area contributed by atoms with E-state index < -0.39 is 26.5 Å². The van der Waals surface area contributed by atoms with E-state index in [4.69, 9.17) is 18.5 Å². The van der Waals surface area contributed by atoms with Crippen molar-refractivity contribution in [2.45, 2.75) is 187 Å². The molecule has 0 fully saturated rings. The molecule has 0 aromatic rings. The maximum absolute atomic E-state index is 12.6. The van der Waals surface area contributed by atoms with Crippen molar-refractivity contribution in [1.82, 2.24) is 0 Å². The van der Waals surface area contributed by atoms with Crippen LogP contribution in [0.25, 0.3) is 0 Å². The summed E-state index contributed by atoms with van der Waals surface area (Å²) in [4.78, 5) is 35.2. The summed E-state index contributed by atoms with van der Waals surface area (Å²) in [5.41, 5.74) is 0. The standard InChI is InChI=1S/C42H80NO8P/c1-6-8-10-12-14-16-18-20-21-23-25-27-29-31-33-35-42(45)51-40(39-50-52(46,47)49-37-36-43(3,4)5)38-48-41(44)34-32-30-28-26-24-22-19-17-15-13-11-9-7-2/h22-25,40H,6-21,26-39H2,1-5H3/p+1/b24-22+,25-23+/t40-/m1/s1. The smallest absolute Gasteiger partial charge is 0.462 e. The van der Waals surface area contributed by atoms with Crippen LogP contribution in [0.15, 0.2) is 24.3 Å². The Bertz CT molecular complexity index is 949. The number of quaternary nitrogens is 1. The molecule has 0 amide bonds. The average molecular weight is 759 g/mol. The SMILES string of the molecule is CCCCCCCC/C=C/CCCCCC(=O)OC[C@H](COP(=O)(O)OCC[N+](C)(C)C)OC(=O)CCCCC/C=C/CCCCCCCCCC. The maximum atomic E-state index is 12.6. The summed E-state index contributed by atoms with van der Waals surface area (Å²) in [6.45, 7) is 4.38. The highest BCUT2D eigenvalue weighted by Crippen LogP contribution is 2.43. The van der Waals surface area contributed by atoms with Crippen molar-refractivity contribution < 1.29 is 42.1 Å². The molecule has 0 bridgehead atoms. The van der Waals surface area contributed by atoms with Crippen LogP contribution in [0.3, 0.4) is 0 Å². The van der Waals surface area contributed by atoms with Crippen LogP contribution in [0.4, 0.5) is 0 Å². The fraction of sp³-hybridized carbons (Fsp3) is 0.857. The number of carbonyl (C=O) groups excluding carboxylic acids is 2. The van der Waals surface area contributed by atoms with Crippen molar-refractivity contribution in [1.29, 1.82) is 0 Å². The van der Waals surface area contributed by atoms with Crippen LogP contribution in [-0.4, -0.2) is 74.9 Å². The lowest BCUT2D eigenvalue weighted by Gasteiger charge is -2.24. The van der Waals surface area contributed by atoms with E-state index in [0.29, 0.717) is 23.9 Å². The van der Waals surface area contributed by atoms with Gasteiger partial charge in [-0.2, -0.15) is 0 Å². The Morgan fingerprint density at radius 3 is 1.42 bits per heavy atom. The molecule has 1 N–H and O–H groups in total. The first kappa shape index (κ1) is 50.5. The van der Waals surface area contributed by atoms with Crippen LogP contribution in [0.1, 0.15) is 181 Å². The highest BCUT2D eigenvalue weighted by Gasteiger charge is 2.27. The summed E-state index contributed by atoms with van der Waals surface area (Å²) >= 11 is 0. The van der Waals surface area contributed by atoms with Gasteiger partial charge in [0.15, 0.2) is 6.10 Å². The Balaban J connectivity index is 4.43. The third kappa shape index (κ3) is 38.2. The Hall–Kier alpha value is -1.51. The minimum atomic E-state index is -4.37. The molecular formula is C42H81NO8P+. The predicted molar refractivity (Wildman–Crippen MR) is 215 cm³/mol. The van der Waals surface area contributed by atoms with Gasteiger partial charge in [0.2, 0.25) is 0 Å². The second-order valence-corrected chi connectivity index (χ2v) is 16.8. The van der Waals surface area contributed by atoms with Gasteiger partial charge in [0.05, 0.1) is 27.7 Å². The summed E-state index contributed by atoms with van der Waals surface area (Å²) in [5.74, 6) is -0.834. The van der Waals surface area contributed by atoms with E-state index in [-0.39, 0.29) is 32.0 Å². The number of rotatable bonds is 38. The highest BCUT2D eigenvalue weighted by molar-refractivity contribution is 7.47. The molecular weight excluding hydrogens is 677 g/mol. The van der Waals surface area contributed by atoms with Crippen molar-refractivity contribution >= 4 is 19.8 Å². The van der Waals surface area contributed by atoms with Crippen LogP contribution < -0.4 is 0 Å². The molecule has 2 atom stereocenters. The third-order valence-corrected chi connectivity index (χ3v) is 9.94. The summed E-state index contributed by atoms with van der Waals surface area (Å²) in [5, 5.41) is 0. The van der Waals surface area contributed by atoms with Gasteiger partial charge >= 0.3 is 19.8 Å². The van der Waals surface area contributed by atoms with Gasteiger partial charge in [-0.3, -0.25) is 18.6 Å². The number of hydrogen-bond donors (Lipinski definition) is 1. The second-order valence-electron chi connectivity index (χ2n) is 15.4. The van der Waals surface area contributed by atoms with Gasteiger partial charge < -0.3 is 18.9 Å². The molecule has 306 valence electrons. The molecule has 0 radical (unpaired) electrons. The van der Waals surface area contributed by atoms with E-state index in [0.717, 1.165) is 51.4 Å². The lowest BCUT2D eigenvalue weighted by atomic mass is 10.1. The van der Waals surface area contributed by atoms with Gasteiger partial charge in [0.1, 0.15) is 19.8 Å². The first-order valence-electron chi connectivity index (χ1n) is 21.1. The zero-order chi connectivity index (χ0) is 38.6. The number of hydrogen-bond acceptors (Lipinski definition) is 7. The van der Waals surface area contributed by atoms with E-state index in [2.05, 4.69) is 38.2 Å². The minimum Gasteiger partial charge on any atom is -0.462 e. The molecule has 0 saturated carbocycles. The van der Waals surface area contributed by atoms with Crippen LogP contribution in [0.5, 0.6) is 0 Å². The number of esters is 2. The normalized spacial score (nSPS) is 13.9. The zero-order valence-electron chi connectivity index (χ0n) is 34.3. The number of nitrogens with zero attached hydrogens (tertiary/aromatic N) is 1. The minimum absolute atomic E-state index is 0.0278. The second kappa shape index (κ2) is 35.2.